The molecule has 1 saturated heterocycles. The van der Waals surface area contributed by atoms with Gasteiger partial charge in [0.2, 0.25) is 5.91 Å². The van der Waals surface area contributed by atoms with Crippen LogP contribution >= 0.6 is 11.6 Å². The number of carbonyl (C=O) groups is 2. The fourth-order valence-corrected chi connectivity index (χ4v) is 4.31. The third kappa shape index (κ3) is 3.03. The van der Waals surface area contributed by atoms with Crippen LogP contribution in [0.15, 0.2) is 24.3 Å². The van der Waals surface area contributed by atoms with E-state index < -0.39 is 11.4 Å². The van der Waals surface area contributed by atoms with Crippen LogP contribution in [0.5, 0.6) is 0 Å². The van der Waals surface area contributed by atoms with Gasteiger partial charge in [-0.2, -0.15) is 0 Å². The zero-order valence-electron chi connectivity index (χ0n) is 13.8. The first-order chi connectivity index (χ1) is 11.4. The summed E-state index contributed by atoms with van der Waals surface area (Å²) < 4.78 is 0. The number of halogens is 1. The van der Waals surface area contributed by atoms with Crippen LogP contribution < -0.4 is 5.32 Å². The molecule has 3 atom stereocenters. The average Bonchev–Trinajstić information content (AvgIpc) is 3.11. The van der Waals surface area contributed by atoms with E-state index in [0.29, 0.717) is 24.7 Å². The molecule has 1 aromatic carbocycles. The molecule has 2 N–H and O–H groups in total. The number of nitrogens with zero attached hydrogens (tertiary/aromatic N) is 1. The van der Waals surface area contributed by atoms with Gasteiger partial charge >= 0.3 is 5.97 Å². The summed E-state index contributed by atoms with van der Waals surface area (Å²) in [5, 5.41) is 13.2. The molecule has 1 heterocycles. The first kappa shape index (κ1) is 17.2. The monoisotopic (exact) mass is 350 g/mol. The van der Waals surface area contributed by atoms with E-state index in [1.165, 1.54) is 0 Å². The van der Waals surface area contributed by atoms with Crippen molar-refractivity contribution in [3.8, 4) is 0 Å². The van der Waals surface area contributed by atoms with Gasteiger partial charge in [0.15, 0.2) is 0 Å². The second kappa shape index (κ2) is 6.73. The Morgan fingerprint density at radius 1 is 1.46 bits per heavy atom. The number of nitrogens with one attached hydrogen (secondary N) is 1. The van der Waals surface area contributed by atoms with E-state index in [9.17, 15) is 14.7 Å². The maximum atomic E-state index is 12.5. The summed E-state index contributed by atoms with van der Waals surface area (Å²) in [5.74, 6) is -0.638. The number of amides is 1. The van der Waals surface area contributed by atoms with Gasteiger partial charge in [-0.1, -0.05) is 36.2 Å². The van der Waals surface area contributed by atoms with E-state index in [4.69, 9.17) is 11.6 Å². The number of likely N-dealkylation sites (tertiary alicyclic amines) is 1. The molecule has 0 bridgehead atoms. The summed E-state index contributed by atoms with van der Waals surface area (Å²) in [6.07, 6.45) is 2.63. The van der Waals surface area contributed by atoms with Gasteiger partial charge < -0.3 is 10.4 Å². The van der Waals surface area contributed by atoms with Crippen molar-refractivity contribution in [1.82, 2.24) is 10.2 Å². The SMILES string of the molecule is CC(C(=O)NCc1ccccc1Cl)N1C[C@@H]2CCC[C@@]2(C(=O)O)C1. The Morgan fingerprint density at radius 3 is 2.88 bits per heavy atom. The molecular weight excluding hydrogens is 328 g/mol. The van der Waals surface area contributed by atoms with Gasteiger partial charge in [-0.25, -0.2) is 0 Å². The van der Waals surface area contributed by atoms with Crippen LogP contribution in [0.25, 0.3) is 0 Å². The molecule has 2 aliphatic rings. The van der Waals surface area contributed by atoms with Crippen LogP contribution in [-0.2, 0) is 16.1 Å². The zero-order chi connectivity index (χ0) is 17.3. The van der Waals surface area contributed by atoms with Crippen molar-refractivity contribution >= 4 is 23.5 Å². The standard InChI is InChI=1S/C18H23ClN2O3/c1-12(16(22)20-9-13-5-2-3-7-15(13)19)21-10-14-6-4-8-18(14,11-21)17(23)24/h2-3,5,7,12,14H,4,6,8-11H2,1H3,(H,20,22)(H,23,24)/t12?,14-,18+/m0/s1. The lowest BCUT2D eigenvalue weighted by molar-refractivity contribution is -0.149. The van der Waals surface area contributed by atoms with Crippen molar-refractivity contribution in [1.29, 1.82) is 0 Å². The quantitative estimate of drug-likeness (QED) is 0.856. The predicted octanol–water partition coefficient (Wildman–Crippen LogP) is 2.53. The summed E-state index contributed by atoms with van der Waals surface area (Å²) in [6, 6.07) is 7.08. The number of hydrogen-bond acceptors (Lipinski definition) is 3. The Kier molecular flexibility index (Phi) is 4.83. The Morgan fingerprint density at radius 2 is 2.21 bits per heavy atom. The molecule has 24 heavy (non-hydrogen) atoms. The van der Waals surface area contributed by atoms with E-state index in [1.54, 1.807) is 6.07 Å². The summed E-state index contributed by atoms with van der Waals surface area (Å²) in [7, 11) is 0. The predicted molar refractivity (Wildman–Crippen MR) is 91.7 cm³/mol. The van der Waals surface area contributed by atoms with Gasteiger partial charge in [0.05, 0.1) is 11.5 Å². The number of fused-ring (bicyclic) bond motifs is 1. The summed E-state index contributed by atoms with van der Waals surface area (Å²) in [5.41, 5.74) is 0.220. The number of aliphatic carboxylic acids is 1. The van der Waals surface area contributed by atoms with E-state index in [0.717, 1.165) is 24.8 Å². The molecule has 0 spiro atoms. The van der Waals surface area contributed by atoms with E-state index in [2.05, 4.69) is 5.32 Å². The molecule has 0 radical (unpaired) electrons. The summed E-state index contributed by atoms with van der Waals surface area (Å²) in [4.78, 5) is 26.2. The minimum atomic E-state index is -0.712. The Hall–Kier alpha value is -1.59. The molecular formula is C18H23ClN2O3. The Labute approximate surface area is 147 Å². The summed E-state index contributed by atoms with van der Waals surface area (Å²) in [6.45, 7) is 3.38. The Bertz CT molecular complexity index is 651. The first-order valence-electron chi connectivity index (χ1n) is 8.42. The van der Waals surface area contributed by atoms with E-state index >= 15 is 0 Å². The fourth-order valence-electron chi connectivity index (χ4n) is 4.11. The third-order valence-corrected chi connectivity index (χ3v) is 6.03. The highest BCUT2D eigenvalue weighted by atomic mass is 35.5. The molecule has 1 unspecified atom stereocenters. The number of hydrogen-bond donors (Lipinski definition) is 2. The van der Waals surface area contributed by atoms with Crippen LogP contribution in [0, 0.1) is 11.3 Å². The molecule has 0 aromatic heterocycles. The van der Waals surface area contributed by atoms with Crippen molar-refractivity contribution in [2.45, 2.75) is 38.8 Å². The smallest absolute Gasteiger partial charge is 0.311 e. The van der Waals surface area contributed by atoms with Gasteiger partial charge in [0.25, 0.3) is 0 Å². The number of benzene rings is 1. The molecule has 130 valence electrons. The maximum Gasteiger partial charge on any atom is 0.311 e. The number of carbonyl (C=O) groups excluding carboxylic acids is 1. The van der Waals surface area contributed by atoms with Crippen molar-refractivity contribution < 1.29 is 14.7 Å². The van der Waals surface area contributed by atoms with Crippen molar-refractivity contribution in [3.05, 3.63) is 34.9 Å². The van der Waals surface area contributed by atoms with Crippen molar-refractivity contribution in [3.63, 3.8) is 0 Å². The molecule has 5 nitrogen and oxygen atoms in total. The molecule has 2 fully saturated rings. The zero-order valence-corrected chi connectivity index (χ0v) is 14.6. The highest BCUT2D eigenvalue weighted by Crippen LogP contribution is 2.49. The second-order valence-electron chi connectivity index (χ2n) is 6.97. The molecule has 1 aliphatic carbocycles. The maximum absolute atomic E-state index is 12.5. The van der Waals surface area contributed by atoms with Crippen LogP contribution in [0.2, 0.25) is 5.02 Å². The van der Waals surface area contributed by atoms with Gasteiger partial charge in [-0.05, 0) is 37.3 Å². The number of carboxylic acid groups (broad SMARTS) is 1. The number of rotatable bonds is 5. The van der Waals surface area contributed by atoms with Gasteiger partial charge in [0, 0.05) is 24.7 Å². The third-order valence-electron chi connectivity index (χ3n) is 5.66. The topological polar surface area (TPSA) is 69.6 Å². The highest BCUT2D eigenvalue weighted by molar-refractivity contribution is 6.31. The largest absolute Gasteiger partial charge is 0.481 e. The average molecular weight is 351 g/mol. The number of carboxylic acids is 1. The lowest BCUT2D eigenvalue weighted by atomic mass is 9.81. The van der Waals surface area contributed by atoms with Crippen molar-refractivity contribution in [2.24, 2.45) is 11.3 Å². The van der Waals surface area contributed by atoms with Gasteiger partial charge in [-0.15, -0.1) is 0 Å². The minimum Gasteiger partial charge on any atom is -0.481 e. The van der Waals surface area contributed by atoms with Crippen LogP contribution in [0.1, 0.15) is 31.7 Å². The van der Waals surface area contributed by atoms with Crippen LogP contribution in [-0.4, -0.2) is 41.0 Å². The highest BCUT2D eigenvalue weighted by Gasteiger charge is 2.55. The fraction of sp³-hybridized carbons (Fsp3) is 0.556. The molecule has 1 aliphatic heterocycles. The van der Waals surface area contributed by atoms with E-state index in [-0.39, 0.29) is 17.9 Å². The second-order valence-corrected chi connectivity index (χ2v) is 7.37. The normalized spacial score (nSPS) is 27.7. The van der Waals surface area contributed by atoms with Gasteiger partial charge in [-0.3, -0.25) is 14.5 Å². The lowest BCUT2D eigenvalue weighted by Crippen LogP contribution is -2.45. The molecule has 3 rings (SSSR count). The van der Waals surface area contributed by atoms with E-state index in [1.807, 2.05) is 30.0 Å². The summed E-state index contributed by atoms with van der Waals surface area (Å²) >= 11 is 6.11. The molecule has 1 saturated carbocycles. The van der Waals surface area contributed by atoms with Crippen LogP contribution in [0.3, 0.4) is 0 Å². The minimum absolute atomic E-state index is 0.0876. The van der Waals surface area contributed by atoms with Crippen molar-refractivity contribution in [2.75, 3.05) is 13.1 Å². The molecule has 6 heteroatoms. The molecule has 1 amide bonds. The first-order valence-corrected chi connectivity index (χ1v) is 8.80. The lowest BCUT2D eigenvalue weighted by Gasteiger charge is -2.26. The Balaban J connectivity index is 1.61. The van der Waals surface area contributed by atoms with Gasteiger partial charge in [0.1, 0.15) is 0 Å². The van der Waals surface area contributed by atoms with Crippen LogP contribution in [0.4, 0.5) is 0 Å². The molecule has 1 aromatic rings.